The van der Waals surface area contributed by atoms with Crippen molar-refractivity contribution < 1.29 is 24.0 Å². The van der Waals surface area contributed by atoms with Crippen molar-refractivity contribution in [2.45, 2.75) is 19.8 Å². The molecule has 134 valence electrons. The molecule has 11 heteroatoms. The standard InChI is InChI=1S/C14H16N4O6S/c1-2-24-12(20)8-7-11(19)15-14(25)17-16-13(21)9-5-3-4-6-10(9)18(22)23/h3-6H,2,7-8H2,1H3,(H,16,21)(H2,15,17,19,25). The van der Waals surface area contributed by atoms with E-state index in [9.17, 15) is 24.5 Å². The highest BCUT2D eigenvalue weighted by Crippen LogP contribution is 2.16. The van der Waals surface area contributed by atoms with Crippen molar-refractivity contribution in [1.82, 2.24) is 16.2 Å². The summed E-state index contributed by atoms with van der Waals surface area (Å²) in [7, 11) is 0. The average Bonchev–Trinajstić information content (AvgIpc) is 2.58. The van der Waals surface area contributed by atoms with Crippen molar-refractivity contribution in [3.63, 3.8) is 0 Å². The number of carbonyl (C=O) groups excluding carboxylic acids is 3. The number of thiocarbonyl (C=S) groups is 1. The van der Waals surface area contributed by atoms with Gasteiger partial charge in [-0.2, -0.15) is 0 Å². The van der Waals surface area contributed by atoms with Crippen LogP contribution in [0.15, 0.2) is 24.3 Å². The van der Waals surface area contributed by atoms with E-state index in [1.54, 1.807) is 6.92 Å². The van der Waals surface area contributed by atoms with Crippen LogP contribution in [0.1, 0.15) is 30.1 Å². The van der Waals surface area contributed by atoms with Gasteiger partial charge in [-0.25, -0.2) is 0 Å². The third kappa shape index (κ3) is 6.91. The lowest BCUT2D eigenvalue weighted by atomic mass is 10.2. The van der Waals surface area contributed by atoms with Crippen LogP contribution in [0.3, 0.4) is 0 Å². The van der Waals surface area contributed by atoms with Crippen LogP contribution >= 0.6 is 12.2 Å². The molecule has 1 aromatic rings. The van der Waals surface area contributed by atoms with Crippen LogP contribution in [0.25, 0.3) is 0 Å². The number of amides is 2. The minimum absolute atomic E-state index is 0.106. The number of hydrogen-bond acceptors (Lipinski definition) is 7. The molecule has 0 saturated carbocycles. The second kappa shape index (κ2) is 9.93. The van der Waals surface area contributed by atoms with Crippen molar-refractivity contribution in [3.8, 4) is 0 Å². The lowest BCUT2D eigenvalue weighted by Crippen LogP contribution is -2.48. The number of para-hydroxylation sites is 1. The number of nitrogens with one attached hydrogen (secondary N) is 3. The second-order valence-electron chi connectivity index (χ2n) is 4.54. The molecule has 0 atom stereocenters. The first-order valence-electron chi connectivity index (χ1n) is 7.14. The summed E-state index contributed by atoms with van der Waals surface area (Å²) in [6.07, 6.45) is -0.246. The molecule has 0 bridgehead atoms. The van der Waals surface area contributed by atoms with Crippen molar-refractivity contribution in [1.29, 1.82) is 0 Å². The van der Waals surface area contributed by atoms with Crippen LogP contribution in [0, 0.1) is 10.1 Å². The summed E-state index contributed by atoms with van der Waals surface area (Å²) in [6.45, 7) is 1.87. The van der Waals surface area contributed by atoms with Crippen molar-refractivity contribution in [2.24, 2.45) is 0 Å². The van der Waals surface area contributed by atoms with Crippen LogP contribution in [-0.2, 0) is 14.3 Å². The molecule has 0 unspecified atom stereocenters. The Morgan fingerprint density at radius 3 is 2.52 bits per heavy atom. The molecular weight excluding hydrogens is 352 g/mol. The second-order valence-corrected chi connectivity index (χ2v) is 4.94. The van der Waals surface area contributed by atoms with Gasteiger partial charge in [-0.3, -0.25) is 35.3 Å². The molecule has 0 saturated heterocycles. The maximum Gasteiger partial charge on any atom is 0.306 e. The van der Waals surface area contributed by atoms with Crippen LogP contribution in [0.4, 0.5) is 5.69 Å². The quantitative estimate of drug-likeness (QED) is 0.287. The molecule has 2 amide bonds. The van der Waals surface area contributed by atoms with Crippen LogP contribution < -0.4 is 16.2 Å². The lowest BCUT2D eigenvalue weighted by Gasteiger charge is -2.10. The maximum atomic E-state index is 11.9. The number of hydrogen-bond donors (Lipinski definition) is 3. The molecule has 1 aromatic carbocycles. The molecule has 0 aliphatic carbocycles. The van der Waals surface area contributed by atoms with E-state index in [-0.39, 0.29) is 35.8 Å². The molecule has 0 radical (unpaired) electrons. The van der Waals surface area contributed by atoms with E-state index in [0.717, 1.165) is 0 Å². The molecule has 25 heavy (non-hydrogen) atoms. The first kappa shape index (κ1) is 20.0. The summed E-state index contributed by atoms with van der Waals surface area (Å²) in [4.78, 5) is 44.8. The Morgan fingerprint density at radius 1 is 1.20 bits per heavy atom. The van der Waals surface area contributed by atoms with Gasteiger partial charge in [0.1, 0.15) is 5.56 Å². The Labute approximate surface area is 148 Å². The predicted octanol–water partition coefficient (Wildman–Crippen LogP) is 0.574. The SMILES string of the molecule is CCOC(=O)CCC(=O)NC(=S)NNC(=O)c1ccccc1[N+](=O)[O-]. The zero-order valence-electron chi connectivity index (χ0n) is 13.2. The van der Waals surface area contributed by atoms with E-state index in [0.29, 0.717) is 0 Å². The zero-order valence-corrected chi connectivity index (χ0v) is 14.1. The minimum atomic E-state index is -0.796. The Hall–Kier alpha value is -3.08. The van der Waals surface area contributed by atoms with E-state index in [4.69, 9.17) is 12.2 Å². The highest BCUT2D eigenvalue weighted by Gasteiger charge is 2.19. The van der Waals surface area contributed by atoms with E-state index in [1.165, 1.54) is 24.3 Å². The molecule has 10 nitrogen and oxygen atoms in total. The van der Waals surface area contributed by atoms with Gasteiger partial charge in [0.15, 0.2) is 5.11 Å². The summed E-state index contributed by atoms with van der Waals surface area (Å²) < 4.78 is 4.68. The molecule has 0 aromatic heterocycles. The van der Waals surface area contributed by atoms with Crippen molar-refractivity contribution >= 4 is 40.8 Å². The number of esters is 1. The van der Waals surface area contributed by atoms with Gasteiger partial charge in [0.25, 0.3) is 11.6 Å². The van der Waals surface area contributed by atoms with E-state index in [2.05, 4.69) is 20.9 Å². The van der Waals surface area contributed by atoms with E-state index >= 15 is 0 Å². The molecular formula is C14H16N4O6S. The Bertz CT molecular complexity index is 694. The van der Waals surface area contributed by atoms with Gasteiger partial charge in [0.05, 0.1) is 18.0 Å². The fourth-order valence-electron chi connectivity index (χ4n) is 1.67. The van der Waals surface area contributed by atoms with Gasteiger partial charge < -0.3 is 10.1 Å². The third-order valence-corrected chi connectivity index (χ3v) is 2.95. The van der Waals surface area contributed by atoms with Crippen molar-refractivity contribution in [3.05, 3.63) is 39.9 Å². The number of carbonyl (C=O) groups is 3. The first-order chi connectivity index (χ1) is 11.8. The molecule has 0 fully saturated rings. The first-order valence-corrected chi connectivity index (χ1v) is 7.55. The van der Waals surface area contributed by atoms with Gasteiger partial charge >= 0.3 is 5.97 Å². The number of nitro groups is 1. The smallest absolute Gasteiger partial charge is 0.306 e. The fraction of sp³-hybridized carbons (Fsp3) is 0.286. The average molecular weight is 368 g/mol. The number of rotatable bonds is 6. The zero-order chi connectivity index (χ0) is 18.8. The fourth-order valence-corrected chi connectivity index (χ4v) is 1.84. The van der Waals surface area contributed by atoms with Crippen LogP contribution in [-0.4, -0.2) is 34.4 Å². The third-order valence-electron chi connectivity index (χ3n) is 2.75. The van der Waals surface area contributed by atoms with Crippen LogP contribution in [0.5, 0.6) is 0 Å². The number of benzene rings is 1. The summed E-state index contributed by atoms with van der Waals surface area (Å²) in [5, 5.41) is 12.9. The summed E-state index contributed by atoms with van der Waals surface area (Å²) in [6, 6.07) is 5.36. The number of ether oxygens (including phenoxy) is 1. The van der Waals surface area contributed by atoms with Gasteiger partial charge in [0.2, 0.25) is 5.91 Å². The minimum Gasteiger partial charge on any atom is -0.466 e. The number of nitro benzene ring substituents is 1. The highest BCUT2D eigenvalue weighted by atomic mass is 32.1. The lowest BCUT2D eigenvalue weighted by molar-refractivity contribution is -0.385. The monoisotopic (exact) mass is 368 g/mol. The van der Waals surface area contributed by atoms with E-state index < -0.39 is 22.7 Å². The topological polar surface area (TPSA) is 140 Å². The van der Waals surface area contributed by atoms with Crippen molar-refractivity contribution in [2.75, 3.05) is 6.61 Å². The molecule has 0 spiro atoms. The van der Waals surface area contributed by atoms with Gasteiger partial charge in [-0.15, -0.1) is 0 Å². The number of nitrogens with zero attached hydrogens (tertiary/aromatic N) is 1. The summed E-state index contributed by atoms with van der Waals surface area (Å²) in [5.74, 6) is -1.86. The Balaban J connectivity index is 2.46. The Kier molecular flexibility index (Phi) is 7.93. The largest absolute Gasteiger partial charge is 0.466 e. The van der Waals surface area contributed by atoms with Gasteiger partial charge in [-0.05, 0) is 25.2 Å². The molecule has 0 aliphatic heterocycles. The summed E-state index contributed by atoms with van der Waals surface area (Å²) in [5.41, 5.74) is 3.86. The molecule has 3 N–H and O–H groups in total. The maximum absolute atomic E-state index is 11.9. The van der Waals surface area contributed by atoms with Gasteiger partial charge in [0, 0.05) is 12.5 Å². The van der Waals surface area contributed by atoms with Crippen LogP contribution in [0.2, 0.25) is 0 Å². The Morgan fingerprint density at radius 2 is 1.88 bits per heavy atom. The highest BCUT2D eigenvalue weighted by molar-refractivity contribution is 7.80. The molecule has 1 rings (SSSR count). The van der Waals surface area contributed by atoms with Gasteiger partial charge in [-0.1, -0.05) is 12.1 Å². The normalized spacial score (nSPS) is 9.64. The number of hydrazine groups is 1. The summed E-state index contributed by atoms with van der Waals surface area (Å²) >= 11 is 4.81. The molecule has 0 aliphatic rings. The predicted molar refractivity (Wildman–Crippen MR) is 90.3 cm³/mol. The molecule has 0 heterocycles. The van der Waals surface area contributed by atoms with E-state index in [1.807, 2.05) is 0 Å².